The number of ketones is 1. The van der Waals surface area contributed by atoms with Crippen LogP contribution in [0, 0.1) is 0 Å². The Balaban J connectivity index is 1.56. The van der Waals surface area contributed by atoms with E-state index in [-0.39, 0.29) is 22.4 Å². The first kappa shape index (κ1) is 23.8. The highest BCUT2D eigenvalue weighted by Crippen LogP contribution is 2.39. The van der Waals surface area contributed by atoms with Crippen molar-refractivity contribution in [3.63, 3.8) is 0 Å². The number of carbonyl (C=O) groups excluding carboxylic acids is 2. The van der Waals surface area contributed by atoms with Crippen LogP contribution in [0.3, 0.4) is 0 Å². The summed E-state index contributed by atoms with van der Waals surface area (Å²) in [6.45, 7) is 0.118. The summed E-state index contributed by atoms with van der Waals surface area (Å²) in [5.41, 5.74) is 1.06. The largest absolute Gasteiger partial charge is 0.489 e. The van der Waals surface area contributed by atoms with E-state index in [1.807, 2.05) is 30.3 Å². The first-order valence-electron chi connectivity index (χ1n) is 9.51. The average molecular weight is 478 g/mol. The Morgan fingerprint density at radius 3 is 2.12 bits per heavy atom. The molecule has 0 saturated heterocycles. The van der Waals surface area contributed by atoms with Crippen LogP contribution in [0.25, 0.3) is 0 Å². The van der Waals surface area contributed by atoms with Gasteiger partial charge in [0.1, 0.15) is 28.2 Å². The first-order chi connectivity index (χ1) is 15.4. The molecule has 168 valence electrons. The highest BCUT2D eigenvalue weighted by atomic mass is 35.5. The summed E-state index contributed by atoms with van der Waals surface area (Å²) in [6, 6.07) is 16.6. The van der Waals surface area contributed by atoms with Crippen molar-refractivity contribution in [2.45, 2.75) is 12.4 Å². The Morgan fingerprint density at radius 2 is 1.53 bits per heavy atom. The lowest BCUT2D eigenvalue weighted by molar-refractivity contribution is -0.154. The molecule has 2 aromatic rings. The first-order valence-corrected chi connectivity index (χ1v) is 10.3. The van der Waals surface area contributed by atoms with E-state index in [1.165, 1.54) is 14.2 Å². The van der Waals surface area contributed by atoms with Crippen molar-refractivity contribution < 1.29 is 28.5 Å². The smallest absolute Gasteiger partial charge is 0.262 e. The fourth-order valence-electron chi connectivity index (χ4n) is 2.97. The maximum atomic E-state index is 12.4. The van der Waals surface area contributed by atoms with E-state index in [1.54, 1.807) is 24.3 Å². The van der Waals surface area contributed by atoms with E-state index in [0.717, 1.165) is 11.6 Å². The minimum absolute atomic E-state index is 0.000148. The second-order valence-electron chi connectivity index (χ2n) is 6.66. The normalized spacial score (nSPS) is 15.2. The predicted octanol–water partition coefficient (Wildman–Crippen LogP) is 3.91. The lowest BCUT2D eigenvalue weighted by Gasteiger charge is -2.35. The average Bonchev–Trinajstić information content (AvgIpc) is 2.82. The molecular weight excluding hydrogens is 457 g/mol. The van der Waals surface area contributed by atoms with Crippen molar-refractivity contribution in [1.82, 2.24) is 5.32 Å². The number of hydrogen-bond acceptors (Lipinski definition) is 6. The zero-order valence-corrected chi connectivity index (χ0v) is 18.9. The number of rotatable bonds is 9. The van der Waals surface area contributed by atoms with Gasteiger partial charge >= 0.3 is 0 Å². The van der Waals surface area contributed by atoms with Crippen molar-refractivity contribution in [3.8, 4) is 11.5 Å². The van der Waals surface area contributed by atoms with Crippen molar-refractivity contribution in [2.24, 2.45) is 0 Å². The third-order valence-corrected chi connectivity index (χ3v) is 5.53. The van der Waals surface area contributed by atoms with Gasteiger partial charge in [0.2, 0.25) is 11.6 Å². The predicted molar refractivity (Wildman–Crippen MR) is 119 cm³/mol. The van der Waals surface area contributed by atoms with Crippen LogP contribution >= 0.6 is 23.2 Å². The Bertz CT molecular complexity index is 1030. The molecule has 0 atom stereocenters. The third kappa shape index (κ3) is 5.31. The molecule has 1 aliphatic carbocycles. The minimum atomic E-state index is -1.69. The summed E-state index contributed by atoms with van der Waals surface area (Å²) in [5, 5.41) is 2.11. The summed E-state index contributed by atoms with van der Waals surface area (Å²) >= 11 is 12.1. The molecule has 32 heavy (non-hydrogen) atoms. The number of methoxy groups -OCH3 is 2. The van der Waals surface area contributed by atoms with E-state index in [4.69, 9.17) is 42.1 Å². The van der Waals surface area contributed by atoms with E-state index < -0.39 is 17.5 Å². The number of amides is 1. The molecular formula is C23H21Cl2NO6. The molecule has 1 N–H and O–H groups in total. The van der Waals surface area contributed by atoms with Gasteiger partial charge in [-0.25, -0.2) is 0 Å². The Kier molecular flexibility index (Phi) is 7.93. The van der Waals surface area contributed by atoms with Crippen molar-refractivity contribution in [3.05, 3.63) is 82.0 Å². The summed E-state index contributed by atoms with van der Waals surface area (Å²) in [7, 11) is 2.62. The van der Waals surface area contributed by atoms with E-state index in [9.17, 15) is 9.59 Å². The zero-order valence-electron chi connectivity index (χ0n) is 17.4. The molecule has 0 saturated carbocycles. The zero-order chi connectivity index (χ0) is 23.1. The minimum Gasteiger partial charge on any atom is -0.489 e. The molecule has 0 radical (unpaired) electrons. The Hall–Kier alpha value is -2.84. The quantitative estimate of drug-likeness (QED) is 0.551. The number of halogens is 2. The maximum absolute atomic E-state index is 12.4. The molecule has 1 aliphatic rings. The molecule has 2 aromatic carbocycles. The van der Waals surface area contributed by atoms with Crippen LogP contribution in [0.15, 0.2) is 76.4 Å². The molecule has 7 nitrogen and oxygen atoms in total. The van der Waals surface area contributed by atoms with Crippen LogP contribution in [-0.2, 0) is 25.7 Å². The van der Waals surface area contributed by atoms with Gasteiger partial charge < -0.3 is 24.3 Å². The SMILES string of the molecule is COC1(OC)C(NC(=O)COc2ccc(OCc3ccccc3)cc2)=CC(=O)C(Cl)=C1Cl. The molecule has 0 aromatic heterocycles. The fourth-order valence-corrected chi connectivity index (χ4v) is 3.50. The van der Waals surface area contributed by atoms with Crippen LogP contribution < -0.4 is 14.8 Å². The van der Waals surface area contributed by atoms with Gasteiger partial charge in [0.15, 0.2) is 6.61 Å². The molecule has 1 amide bonds. The maximum Gasteiger partial charge on any atom is 0.262 e. The number of allylic oxidation sites excluding steroid dienone is 2. The molecule has 0 fully saturated rings. The van der Waals surface area contributed by atoms with Crippen molar-refractivity contribution in [1.29, 1.82) is 0 Å². The lowest BCUT2D eigenvalue weighted by atomic mass is 10.0. The Labute approximate surface area is 195 Å². The molecule has 0 spiro atoms. The third-order valence-electron chi connectivity index (χ3n) is 4.62. The fraction of sp³-hybridized carbons (Fsp3) is 0.217. The Morgan fingerprint density at radius 1 is 0.938 bits per heavy atom. The number of benzene rings is 2. The standard InChI is InChI=1S/C23H21Cl2NO6/c1-29-23(30-2)19(12-18(27)21(24)22(23)25)26-20(28)14-32-17-10-8-16(9-11-17)31-13-15-6-4-3-5-7-15/h3-12H,13-14H2,1-2H3,(H,26,28). The van der Waals surface area contributed by atoms with Gasteiger partial charge in [-0.15, -0.1) is 0 Å². The summed E-state index contributed by atoms with van der Waals surface area (Å²) in [5.74, 6) is -1.69. The molecule has 0 heterocycles. The van der Waals surface area contributed by atoms with Gasteiger partial charge in [0.05, 0.1) is 5.70 Å². The number of nitrogens with one attached hydrogen (secondary N) is 1. The summed E-state index contributed by atoms with van der Waals surface area (Å²) in [6.07, 6.45) is 1.10. The monoisotopic (exact) mass is 477 g/mol. The highest BCUT2D eigenvalue weighted by Gasteiger charge is 2.45. The van der Waals surface area contributed by atoms with Gasteiger partial charge in [-0.3, -0.25) is 9.59 Å². The van der Waals surface area contributed by atoms with Crippen molar-refractivity contribution in [2.75, 3.05) is 20.8 Å². The lowest BCUT2D eigenvalue weighted by Crippen LogP contribution is -2.47. The van der Waals surface area contributed by atoms with Crippen molar-refractivity contribution >= 4 is 34.9 Å². The van der Waals surface area contributed by atoms with Gasteiger partial charge in [-0.05, 0) is 29.8 Å². The van der Waals surface area contributed by atoms with Crippen LogP contribution in [0.4, 0.5) is 0 Å². The van der Waals surface area contributed by atoms with Gasteiger partial charge in [0, 0.05) is 20.3 Å². The number of carbonyl (C=O) groups is 2. The number of hydrogen-bond donors (Lipinski definition) is 1. The van der Waals surface area contributed by atoms with Gasteiger partial charge in [-0.2, -0.15) is 0 Å². The summed E-state index contributed by atoms with van der Waals surface area (Å²) < 4.78 is 21.9. The number of ether oxygens (including phenoxy) is 4. The summed E-state index contributed by atoms with van der Waals surface area (Å²) in [4.78, 5) is 24.4. The molecule has 0 unspecified atom stereocenters. The second kappa shape index (κ2) is 10.7. The van der Waals surface area contributed by atoms with E-state index >= 15 is 0 Å². The van der Waals surface area contributed by atoms with Crippen LogP contribution in [0.1, 0.15) is 5.56 Å². The topological polar surface area (TPSA) is 83.1 Å². The molecule has 0 aliphatic heterocycles. The molecule has 0 bridgehead atoms. The van der Waals surface area contributed by atoms with Gasteiger partial charge in [0.25, 0.3) is 5.91 Å². The molecule has 9 heteroatoms. The van der Waals surface area contributed by atoms with Crippen LogP contribution in [0.5, 0.6) is 11.5 Å². The van der Waals surface area contributed by atoms with Gasteiger partial charge in [-0.1, -0.05) is 53.5 Å². The van der Waals surface area contributed by atoms with Crippen LogP contribution in [-0.4, -0.2) is 38.3 Å². The van der Waals surface area contributed by atoms with E-state index in [2.05, 4.69) is 5.32 Å². The second-order valence-corrected chi connectivity index (χ2v) is 7.41. The highest BCUT2D eigenvalue weighted by molar-refractivity contribution is 6.50. The van der Waals surface area contributed by atoms with Crippen LogP contribution in [0.2, 0.25) is 0 Å². The van der Waals surface area contributed by atoms with E-state index in [0.29, 0.717) is 18.1 Å². The molecule has 3 rings (SSSR count).